The van der Waals surface area contributed by atoms with Gasteiger partial charge in [0.05, 0.1) is 13.7 Å². The van der Waals surface area contributed by atoms with E-state index in [4.69, 9.17) is 4.74 Å². The summed E-state index contributed by atoms with van der Waals surface area (Å²) in [5.74, 6) is -0.456. The largest absolute Gasteiger partial charge is 0.491 e. The summed E-state index contributed by atoms with van der Waals surface area (Å²) in [6, 6.07) is 4.70. The fraction of sp³-hybridized carbons (Fsp3) is 0.417. The number of carbonyl (C=O) groups is 1. The maximum Gasteiger partial charge on any atom is 0.305 e. The van der Waals surface area contributed by atoms with Crippen molar-refractivity contribution in [1.29, 1.82) is 0 Å². The van der Waals surface area contributed by atoms with E-state index in [1.54, 1.807) is 19.1 Å². The van der Waals surface area contributed by atoms with Crippen molar-refractivity contribution >= 4 is 5.97 Å². The van der Waals surface area contributed by atoms with Gasteiger partial charge in [-0.3, -0.25) is 4.79 Å². The van der Waals surface area contributed by atoms with Crippen molar-refractivity contribution in [3.05, 3.63) is 29.6 Å². The summed E-state index contributed by atoms with van der Waals surface area (Å²) in [5.41, 5.74) is 0.756. The number of esters is 1. The highest BCUT2D eigenvalue weighted by atomic mass is 19.1. The molecular weight excluding hydrogens is 211 g/mol. The Labute approximate surface area is 94.2 Å². The van der Waals surface area contributed by atoms with E-state index in [9.17, 15) is 9.18 Å². The zero-order chi connectivity index (χ0) is 12.0. The molecule has 1 aromatic rings. The highest BCUT2D eigenvalue weighted by Gasteiger charge is 2.06. The van der Waals surface area contributed by atoms with E-state index in [0.717, 1.165) is 5.56 Å². The van der Waals surface area contributed by atoms with Crippen LogP contribution in [0.2, 0.25) is 0 Å². The first kappa shape index (κ1) is 12.5. The van der Waals surface area contributed by atoms with Gasteiger partial charge in [0, 0.05) is 6.42 Å². The summed E-state index contributed by atoms with van der Waals surface area (Å²) >= 11 is 0. The third kappa shape index (κ3) is 3.53. The van der Waals surface area contributed by atoms with E-state index >= 15 is 0 Å². The highest BCUT2D eigenvalue weighted by molar-refractivity contribution is 5.69. The minimum Gasteiger partial charge on any atom is -0.491 e. The lowest BCUT2D eigenvalue weighted by Crippen LogP contribution is -2.02. The summed E-state index contributed by atoms with van der Waals surface area (Å²) in [4.78, 5) is 10.9. The van der Waals surface area contributed by atoms with Gasteiger partial charge in [-0.15, -0.1) is 0 Å². The van der Waals surface area contributed by atoms with Gasteiger partial charge in [0.25, 0.3) is 0 Å². The minimum atomic E-state index is -0.399. The molecule has 0 radical (unpaired) electrons. The fourth-order valence-corrected chi connectivity index (χ4v) is 1.32. The predicted octanol–water partition coefficient (Wildman–Crippen LogP) is 2.33. The smallest absolute Gasteiger partial charge is 0.305 e. The second kappa shape index (κ2) is 6.10. The van der Waals surface area contributed by atoms with Crippen LogP contribution < -0.4 is 4.74 Å². The van der Waals surface area contributed by atoms with Gasteiger partial charge in [-0.2, -0.15) is 0 Å². The van der Waals surface area contributed by atoms with Crippen LogP contribution in [0.4, 0.5) is 4.39 Å². The van der Waals surface area contributed by atoms with E-state index in [0.29, 0.717) is 13.0 Å². The van der Waals surface area contributed by atoms with Gasteiger partial charge >= 0.3 is 5.97 Å². The fourth-order valence-electron chi connectivity index (χ4n) is 1.32. The van der Waals surface area contributed by atoms with Gasteiger partial charge in [0.15, 0.2) is 11.6 Å². The molecule has 0 heterocycles. The Morgan fingerprint density at radius 3 is 2.75 bits per heavy atom. The van der Waals surface area contributed by atoms with Crippen LogP contribution in [0.3, 0.4) is 0 Å². The Bertz CT molecular complexity index is 363. The van der Waals surface area contributed by atoms with Crippen LogP contribution in [0.1, 0.15) is 18.9 Å². The molecule has 0 aliphatic rings. The molecule has 0 saturated heterocycles. The van der Waals surface area contributed by atoms with Gasteiger partial charge in [0.1, 0.15) is 0 Å². The van der Waals surface area contributed by atoms with Crippen molar-refractivity contribution in [1.82, 2.24) is 0 Å². The van der Waals surface area contributed by atoms with E-state index in [1.807, 2.05) is 0 Å². The molecule has 0 amide bonds. The average Bonchev–Trinajstić information content (AvgIpc) is 2.29. The molecule has 0 atom stereocenters. The number of benzene rings is 1. The molecule has 0 saturated carbocycles. The number of hydrogen-bond acceptors (Lipinski definition) is 3. The number of halogens is 1. The molecule has 0 bridgehead atoms. The number of rotatable bonds is 5. The summed E-state index contributed by atoms with van der Waals surface area (Å²) in [6.45, 7) is 2.23. The van der Waals surface area contributed by atoms with Gasteiger partial charge < -0.3 is 9.47 Å². The second-order valence-electron chi connectivity index (χ2n) is 3.27. The molecule has 1 rings (SSSR count). The summed E-state index contributed by atoms with van der Waals surface area (Å²) in [6.07, 6.45) is 0.722. The predicted molar refractivity (Wildman–Crippen MR) is 57.9 cm³/mol. The van der Waals surface area contributed by atoms with E-state index < -0.39 is 5.82 Å². The molecule has 0 spiro atoms. The molecular formula is C12H15FO3. The second-order valence-corrected chi connectivity index (χ2v) is 3.27. The van der Waals surface area contributed by atoms with Crippen LogP contribution in [0.5, 0.6) is 5.75 Å². The van der Waals surface area contributed by atoms with E-state index in [2.05, 4.69) is 4.74 Å². The maximum atomic E-state index is 13.4. The van der Waals surface area contributed by atoms with E-state index in [1.165, 1.54) is 13.2 Å². The normalized spacial score (nSPS) is 9.94. The zero-order valence-electron chi connectivity index (χ0n) is 9.46. The first-order chi connectivity index (χ1) is 7.67. The molecule has 1 aromatic carbocycles. The third-order valence-electron chi connectivity index (χ3n) is 2.14. The van der Waals surface area contributed by atoms with Gasteiger partial charge in [-0.05, 0) is 31.0 Å². The van der Waals surface area contributed by atoms with Crippen molar-refractivity contribution in [3.8, 4) is 5.75 Å². The molecule has 3 nitrogen and oxygen atoms in total. The molecule has 0 aromatic heterocycles. The van der Waals surface area contributed by atoms with Crippen molar-refractivity contribution in [2.24, 2.45) is 0 Å². The molecule has 4 heteroatoms. The topological polar surface area (TPSA) is 35.5 Å². The number of aryl methyl sites for hydroxylation is 1. The van der Waals surface area contributed by atoms with Crippen LogP contribution in [-0.4, -0.2) is 19.7 Å². The lowest BCUT2D eigenvalue weighted by molar-refractivity contribution is -0.140. The van der Waals surface area contributed by atoms with E-state index in [-0.39, 0.29) is 18.1 Å². The Hall–Kier alpha value is -1.58. The number of ether oxygens (including phenoxy) is 2. The number of methoxy groups -OCH3 is 1. The molecule has 0 fully saturated rings. The molecule has 16 heavy (non-hydrogen) atoms. The number of hydrogen-bond donors (Lipinski definition) is 0. The third-order valence-corrected chi connectivity index (χ3v) is 2.14. The van der Waals surface area contributed by atoms with Crippen LogP contribution in [0.25, 0.3) is 0 Å². The minimum absolute atomic E-state index is 0.240. The Balaban J connectivity index is 2.62. The molecule has 0 aliphatic heterocycles. The first-order valence-corrected chi connectivity index (χ1v) is 5.15. The first-order valence-electron chi connectivity index (χ1n) is 5.15. The van der Waals surface area contributed by atoms with Crippen LogP contribution in [0.15, 0.2) is 18.2 Å². The van der Waals surface area contributed by atoms with Gasteiger partial charge in [0.2, 0.25) is 0 Å². The van der Waals surface area contributed by atoms with Crippen molar-refractivity contribution in [2.75, 3.05) is 13.7 Å². The Kier molecular flexibility index (Phi) is 4.76. The summed E-state index contributed by atoms with van der Waals surface area (Å²) < 4.78 is 23.0. The maximum absolute atomic E-state index is 13.4. The summed E-state index contributed by atoms with van der Waals surface area (Å²) in [7, 11) is 1.33. The molecule has 0 aliphatic carbocycles. The lowest BCUT2D eigenvalue weighted by Gasteiger charge is -2.06. The van der Waals surface area contributed by atoms with Gasteiger partial charge in [-0.1, -0.05) is 6.07 Å². The summed E-state index contributed by atoms with van der Waals surface area (Å²) in [5, 5.41) is 0. The molecule has 0 N–H and O–H groups in total. The van der Waals surface area contributed by atoms with Crippen molar-refractivity contribution in [3.63, 3.8) is 0 Å². The van der Waals surface area contributed by atoms with Gasteiger partial charge in [-0.25, -0.2) is 4.39 Å². The molecule has 88 valence electrons. The average molecular weight is 226 g/mol. The monoisotopic (exact) mass is 226 g/mol. The Morgan fingerprint density at radius 2 is 2.19 bits per heavy atom. The number of carbonyl (C=O) groups excluding carboxylic acids is 1. The van der Waals surface area contributed by atoms with Crippen LogP contribution >= 0.6 is 0 Å². The zero-order valence-corrected chi connectivity index (χ0v) is 9.46. The van der Waals surface area contributed by atoms with Crippen LogP contribution in [-0.2, 0) is 16.0 Å². The molecule has 0 unspecified atom stereocenters. The SMILES string of the molecule is CCOc1ccc(CCC(=O)OC)cc1F. The highest BCUT2D eigenvalue weighted by Crippen LogP contribution is 2.19. The lowest BCUT2D eigenvalue weighted by atomic mass is 10.1. The van der Waals surface area contributed by atoms with Crippen molar-refractivity contribution < 1.29 is 18.7 Å². The van der Waals surface area contributed by atoms with Crippen molar-refractivity contribution in [2.45, 2.75) is 19.8 Å². The van der Waals surface area contributed by atoms with Crippen LogP contribution in [0, 0.1) is 5.82 Å². The quantitative estimate of drug-likeness (QED) is 0.723. The Morgan fingerprint density at radius 1 is 1.44 bits per heavy atom. The standard InChI is InChI=1S/C12H15FO3/c1-3-16-11-6-4-9(8-10(11)13)5-7-12(14)15-2/h4,6,8H,3,5,7H2,1-2H3.